The summed E-state index contributed by atoms with van der Waals surface area (Å²) in [5, 5.41) is 32.2. The molecule has 7 fully saturated rings. The molecule has 8 atom stereocenters. The first-order valence-corrected chi connectivity index (χ1v) is 32.2. The average Bonchev–Trinajstić information content (AvgIpc) is 1.75. The molecule has 7 aliphatic rings. The Morgan fingerprint density at radius 1 is 0.310 bits per heavy atom. The molecule has 7 aliphatic carbocycles. The molecule has 4 N–H and O–H groups in total. The van der Waals surface area contributed by atoms with Gasteiger partial charge in [-0.25, -0.2) is 0 Å². The van der Waals surface area contributed by atoms with Crippen LogP contribution in [0.4, 0.5) is 0 Å². The molecular formula is C77H98Ar6O4. The summed E-state index contributed by atoms with van der Waals surface area (Å²) in [5.74, 6) is 9.17. The third-order valence-corrected chi connectivity index (χ3v) is 20.9. The molecule has 0 saturated heterocycles. The van der Waals surface area contributed by atoms with E-state index in [1.54, 1.807) is 63.5 Å². The predicted molar refractivity (Wildman–Crippen MR) is 348 cm³/mol. The maximum Gasteiger partial charge on any atom is 0.136 e. The minimum atomic E-state index is 0. The summed E-state index contributed by atoms with van der Waals surface area (Å²) >= 11 is 0. The zero-order chi connectivity index (χ0) is 56.0. The molecule has 0 aliphatic heterocycles. The maximum atomic E-state index is 10.4. The number of hydrogen-bond donors (Lipinski definition) is 2. The molecule has 4 nitrogen and oxygen atoms in total. The minimum absolute atomic E-state index is 0. The maximum absolute atomic E-state index is 10.4. The molecule has 478 valence electrons. The second kappa shape index (κ2) is 39.2. The molecule has 1 heterocycles. The molecule has 1 aromatic heterocycles. The van der Waals surface area contributed by atoms with Gasteiger partial charge in [0.25, 0.3) is 0 Å². The van der Waals surface area contributed by atoms with E-state index >= 15 is 0 Å². The van der Waals surface area contributed by atoms with E-state index in [0.29, 0.717) is 22.0 Å². The van der Waals surface area contributed by atoms with E-state index in [4.69, 9.17) is 4.42 Å². The number of fused-ring (bicyclic) bond motifs is 15. The van der Waals surface area contributed by atoms with Crippen molar-refractivity contribution in [2.75, 3.05) is 0 Å². The molecule has 0 spiro atoms. The molecule has 16 rings (SSSR count). The van der Waals surface area contributed by atoms with Gasteiger partial charge in [-0.15, -0.1) is 0 Å². The SMILES string of the molecule is C1CC1.CC.CC.CC1(C)C2CCCCC2C2CCCCC21.CC1(C)C2CCCCC2C2CCCCC21.O.Oc1ccc2ccccc2c1-c1c(O)ccc2ccccc12.[Ar].[Ar].[Ar].[Ar].[Ar].[Ar].c1ccc2c(c1)ccc1oc3ccc4ccccc4c3c12. The normalized spacial score (nSPS) is 23.3. The largest absolute Gasteiger partial charge is 0.507 e. The molecule has 8 aromatic carbocycles. The Bertz CT molecular complexity index is 3240. The van der Waals surface area contributed by atoms with Gasteiger partial charge >= 0.3 is 0 Å². The van der Waals surface area contributed by atoms with Crippen molar-refractivity contribution >= 4 is 65.0 Å². The number of rotatable bonds is 1. The Hall–Kier alpha value is 1.72. The van der Waals surface area contributed by atoms with Gasteiger partial charge in [-0.05, 0) is 177 Å². The summed E-state index contributed by atoms with van der Waals surface area (Å²) in [7, 11) is 0. The fourth-order valence-electron chi connectivity index (χ4n) is 17.3. The Kier molecular flexibility index (Phi) is 37.4. The number of phenols is 2. The molecule has 0 amide bonds. The summed E-state index contributed by atoms with van der Waals surface area (Å²) < 4.78 is 6.07. The topological polar surface area (TPSA) is 85.1 Å². The third kappa shape index (κ3) is 18.5. The van der Waals surface area contributed by atoms with Crippen molar-refractivity contribution in [2.24, 2.45) is 58.2 Å². The van der Waals surface area contributed by atoms with Gasteiger partial charge in [0.1, 0.15) is 22.7 Å². The van der Waals surface area contributed by atoms with Gasteiger partial charge in [-0.2, -0.15) is 0 Å². The fraction of sp³-hybridized carbons (Fsp3) is 0.481. The zero-order valence-electron chi connectivity index (χ0n) is 52.8. The number of hydrogen-bond acceptors (Lipinski definition) is 3. The average molecular weight is 1330 g/mol. The quantitative estimate of drug-likeness (QED) is 0.172. The van der Waals surface area contributed by atoms with Gasteiger partial charge in [-0.1, -0.05) is 247 Å². The number of furan rings is 1. The molecule has 10 heteroatoms. The van der Waals surface area contributed by atoms with Gasteiger partial charge in [0.05, 0.1) is 0 Å². The van der Waals surface area contributed by atoms with Gasteiger partial charge in [0.15, 0.2) is 0 Å². The minimum Gasteiger partial charge on any atom is -0.507 e. The molecule has 0 radical (unpaired) electrons. The van der Waals surface area contributed by atoms with Crippen LogP contribution in [0.15, 0.2) is 150 Å². The molecule has 9 aromatic rings. The van der Waals surface area contributed by atoms with Crippen molar-refractivity contribution in [1.82, 2.24) is 0 Å². The smallest absolute Gasteiger partial charge is 0.136 e. The van der Waals surface area contributed by atoms with Crippen molar-refractivity contribution in [3.05, 3.63) is 146 Å². The Morgan fingerprint density at radius 3 is 0.839 bits per heavy atom. The van der Waals surface area contributed by atoms with Crippen LogP contribution in [-0.4, -0.2) is 15.7 Å². The summed E-state index contributed by atoms with van der Waals surface area (Å²) in [6.45, 7) is 18.4. The van der Waals surface area contributed by atoms with Crippen LogP contribution >= 0.6 is 0 Å². The zero-order valence-corrected chi connectivity index (χ0v) is 57.1. The second-order valence-corrected chi connectivity index (χ2v) is 25.7. The second-order valence-electron chi connectivity index (χ2n) is 25.7. The van der Waals surface area contributed by atoms with Crippen LogP contribution in [0.5, 0.6) is 11.5 Å². The standard InChI is InChI=1S/C20H14O2.C20H12O.2C15H26.C3H6.2C2H6.6Ar.H2O/c21-17-11-9-13-5-1-3-7-15(13)19(17)20-16-8-4-2-6-14(16)10-12-18(20)22;1-3-7-15-13(5-1)9-11-17-19(15)20-16-8-4-2-6-14(16)10-12-18(20)21-17;2*1-15(2)13-9-5-3-7-11(13)12-8-4-6-10-14(12)15;1-2-3-1;2*1-2;;;;;;;/h1-12,21-22H;1-12H;2*11-14H,3-10H2,1-2H3;1-3H2;2*1-2H3;;;;;;;1H2. The first-order chi connectivity index (χ1) is 39.1. The Morgan fingerprint density at radius 2 is 0.552 bits per heavy atom. The Labute approximate surface area is 703 Å². The number of phenolic OH excluding ortho intramolecular Hbond substituents is 2. The van der Waals surface area contributed by atoms with E-state index in [-0.39, 0.29) is 243 Å². The van der Waals surface area contributed by atoms with E-state index in [9.17, 15) is 10.2 Å². The summed E-state index contributed by atoms with van der Waals surface area (Å²) in [4.78, 5) is 0. The van der Waals surface area contributed by atoms with Gasteiger partial charge in [-0.3, -0.25) is 0 Å². The monoisotopic (exact) mass is 1330 g/mol. The van der Waals surface area contributed by atoms with E-state index in [2.05, 4.69) is 100 Å². The van der Waals surface area contributed by atoms with Crippen LogP contribution in [0.25, 0.3) is 76.2 Å². The number of benzene rings is 8. The van der Waals surface area contributed by atoms with E-state index in [0.717, 1.165) is 80.1 Å². The fourth-order valence-corrected chi connectivity index (χ4v) is 17.3. The number of aromatic hydroxyl groups is 2. The van der Waals surface area contributed by atoms with Gasteiger partial charge < -0.3 is 20.1 Å². The van der Waals surface area contributed by atoms with Crippen LogP contribution in [-0.2, 0) is 0 Å². The van der Waals surface area contributed by atoms with Crippen LogP contribution in [0.2, 0.25) is 0 Å². The first-order valence-electron chi connectivity index (χ1n) is 32.2. The first kappa shape index (κ1) is 82.9. The van der Waals surface area contributed by atoms with Gasteiger partial charge in [0.2, 0.25) is 0 Å². The van der Waals surface area contributed by atoms with Crippen LogP contribution in [0.1, 0.15) is 177 Å². The summed E-state index contributed by atoms with van der Waals surface area (Å²) in [6, 6.07) is 48.3. The van der Waals surface area contributed by atoms with Crippen LogP contribution in [0.3, 0.4) is 0 Å². The van der Waals surface area contributed by atoms with Crippen molar-refractivity contribution in [3.63, 3.8) is 0 Å². The Balaban J connectivity index is 0.000000288. The van der Waals surface area contributed by atoms with Crippen LogP contribution < -0.4 is 0 Å². The molecule has 87 heavy (non-hydrogen) atoms. The molecule has 8 unspecified atom stereocenters. The summed E-state index contributed by atoms with van der Waals surface area (Å²) in [6.07, 6.45) is 29.1. The van der Waals surface area contributed by atoms with Gasteiger partial charge in [0, 0.05) is 248 Å². The predicted octanol–water partition coefficient (Wildman–Crippen LogP) is 22.6. The third-order valence-electron chi connectivity index (χ3n) is 20.9. The van der Waals surface area contributed by atoms with Crippen molar-refractivity contribution in [3.8, 4) is 22.6 Å². The molecule has 0 bridgehead atoms. The summed E-state index contributed by atoms with van der Waals surface area (Å²) in [5.41, 5.74) is 4.62. The van der Waals surface area contributed by atoms with Crippen molar-refractivity contribution < 1.29 is 247 Å². The van der Waals surface area contributed by atoms with E-state index < -0.39 is 0 Å². The van der Waals surface area contributed by atoms with E-state index in [1.807, 2.05) is 88.4 Å². The molecular weight excluding hydrogens is 1230 g/mol. The van der Waals surface area contributed by atoms with Crippen molar-refractivity contribution in [2.45, 2.75) is 177 Å². The molecule has 7 saturated carbocycles. The van der Waals surface area contributed by atoms with Crippen LogP contribution in [0, 0.1) is 285 Å². The van der Waals surface area contributed by atoms with Crippen molar-refractivity contribution in [1.29, 1.82) is 0 Å². The van der Waals surface area contributed by atoms with E-state index in [1.165, 1.54) is 103 Å².